The lowest BCUT2D eigenvalue weighted by atomic mass is 10.1. The topological polar surface area (TPSA) is 151 Å². The molecule has 3 N–H and O–H groups in total. The van der Waals surface area contributed by atoms with Gasteiger partial charge in [-0.25, -0.2) is 0 Å². The Hall–Kier alpha value is -3.29. The van der Waals surface area contributed by atoms with Crippen LogP contribution in [0.25, 0.3) is 0 Å². The van der Waals surface area contributed by atoms with Crippen LogP contribution in [-0.4, -0.2) is 60.1 Å². The molecule has 1 unspecified atom stereocenters. The molecule has 11 nitrogen and oxygen atoms in total. The first-order valence-electron chi connectivity index (χ1n) is 9.72. The van der Waals surface area contributed by atoms with E-state index in [2.05, 4.69) is 5.32 Å². The van der Waals surface area contributed by atoms with Gasteiger partial charge in [-0.1, -0.05) is 23.9 Å². The number of anilines is 1. The summed E-state index contributed by atoms with van der Waals surface area (Å²) in [4.78, 5) is 37.1. The van der Waals surface area contributed by atoms with Gasteiger partial charge in [-0.3, -0.25) is 29.0 Å². The molecule has 0 spiro atoms. The molecule has 0 bridgehead atoms. The molecule has 1 saturated heterocycles. The first-order valence-corrected chi connectivity index (χ1v) is 12.0. The van der Waals surface area contributed by atoms with Crippen molar-refractivity contribution in [1.29, 1.82) is 0 Å². The third-order valence-corrected chi connectivity index (χ3v) is 6.34. The molecule has 33 heavy (non-hydrogen) atoms. The molecule has 174 valence electrons. The van der Waals surface area contributed by atoms with Crippen LogP contribution >= 0.6 is 11.8 Å². The monoisotopic (exact) mass is 493 g/mol. The quantitative estimate of drug-likeness (QED) is 0.466. The van der Waals surface area contributed by atoms with Crippen LogP contribution in [0.3, 0.4) is 0 Å². The molecule has 2 aliphatic rings. The van der Waals surface area contributed by atoms with Crippen molar-refractivity contribution in [2.24, 2.45) is 0 Å². The molecule has 2 aromatic rings. The molecule has 2 heterocycles. The summed E-state index contributed by atoms with van der Waals surface area (Å²) in [7, 11) is -4.47. The van der Waals surface area contributed by atoms with E-state index >= 15 is 0 Å². The maximum Gasteiger partial charge on any atom is 0.357 e. The van der Waals surface area contributed by atoms with E-state index in [9.17, 15) is 22.8 Å². The summed E-state index contributed by atoms with van der Waals surface area (Å²) in [5.74, 6) is 0.227. The van der Waals surface area contributed by atoms with Crippen molar-refractivity contribution in [3.8, 4) is 11.5 Å². The number of nitrogens with one attached hydrogen (secondary N) is 2. The number of fused-ring (bicyclic) bond motifs is 1. The van der Waals surface area contributed by atoms with Gasteiger partial charge < -0.3 is 14.4 Å². The Bertz CT molecular complexity index is 1200. The van der Waals surface area contributed by atoms with Crippen molar-refractivity contribution < 1.29 is 36.8 Å². The third kappa shape index (κ3) is 5.74. The fourth-order valence-corrected chi connectivity index (χ4v) is 4.60. The lowest BCUT2D eigenvalue weighted by molar-refractivity contribution is -0.118. The van der Waals surface area contributed by atoms with E-state index < -0.39 is 15.6 Å². The van der Waals surface area contributed by atoms with Crippen molar-refractivity contribution >= 4 is 44.8 Å². The Morgan fingerprint density at radius 2 is 1.94 bits per heavy atom. The summed E-state index contributed by atoms with van der Waals surface area (Å²) in [6.45, 7) is 0.415. The maximum absolute atomic E-state index is 12.7. The molecule has 4 rings (SSSR count). The summed E-state index contributed by atoms with van der Waals surface area (Å²) in [5.41, 5.74) is 1.08. The van der Waals surface area contributed by atoms with E-state index in [4.69, 9.17) is 14.0 Å². The summed E-state index contributed by atoms with van der Waals surface area (Å²) in [6, 6.07) is 11.2. The molecule has 1 fully saturated rings. The van der Waals surface area contributed by atoms with E-state index in [0.29, 0.717) is 17.9 Å². The van der Waals surface area contributed by atoms with Crippen LogP contribution in [-0.2, 0) is 21.5 Å². The average Bonchev–Trinajstić information content (AvgIpc) is 3.07. The molecule has 13 heteroatoms. The first kappa shape index (κ1) is 22.9. The van der Waals surface area contributed by atoms with Crippen LogP contribution in [0.1, 0.15) is 15.9 Å². The molecule has 0 aromatic heterocycles. The number of nitrogens with zero attached hydrogens (tertiary/aromatic N) is 1. The van der Waals surface area contributed by atoms with Gasteiger partial charge >= 0.3 is 10.3 Å². The van der Waals surface area contributed by atoms with Crippen LogP contribution < -0.4 is 19.5 Å². The maximum atomic E-state index is 12.7. The summed E-state index contributed by atoms with van der Waals surface area (Å²) >= 11 is 0.975. The predicted octanol–water partition coefficient (Wildman–Crippen LogP) is 1.67. The van der Waals surface area contributed by atoms with Crippen molar-refractivity contribution in [2.45, 2.75) is 11.7 Å². The van der Waals surface area contributed by atoms with E-state index in [1.54, 1.807) is 24.3 Å². The number of hydrogen-bond acceptors (Lipinski definition) is 8. The highest BCUT2D eigenvalue weighted by Gasteiger charge is 2.31. The zero-order valence-corrected chi connectivity index (χ0v) is 18.6. The third-order valence-electron chi connectivity index (χ3n) is 4.86. The highest BCUT2D eigenvalue weighted by atomic mass is 32.2. The summed E-state index contributed by atoms with van der Waals surface area (Å²) < 4.78 is 44.0. The van der Waals surface area contributed by atoms with E-state index in [0.717, 1.165) is 17.3 Å². The SMILES string of the molecule is O=C1NC(=O)C(Cc2ccc(OCCN3COc4ccc(NS(=O)(=O)O)cc4C3=O)cc2)S1. The van der Waals surface area contributed by atoms with Gasteiger partial charge in [-0.2, -0.15) is 8.42 Å². The first-order chi connectivity index (χ1) is 15.7. The van der Waals surface area contributed by atoms with Crippen molar-refractivity contribution in [1.82, 2.24) is 10.2 Å². The molecule has 1 atom stereocenters. The molecule has 2 aromatic carbocycles. The van der Waals surface area contributed by atoms with Gasteiger partial charge in [0, 0.05) is 0 Å². The number of thioether (sulfide) groups is 1. The number of imide groups is 1. The van der Waals surface area contributed by atoms with Gasteiger partial charge in [0.05, 0.1) is 23.0 Å². The molecule has 2 aliphatic heterocycles. The second kappa shape index (κ2) is 9.29. The molecule has 0 radical (unpaired) electrons. The Morgan fingerprint density at radius 1 is 1.18 bits per heavy atom. The van der Waals surface area contributed by atoms with E-state index in [-0.39, 0.29) is 48.2 Å². The van der Waals surface area contributed by atoms with Crippen LogP contribution in [0.4, 0.5) is 10.5 Å². The van der Waals surface area contributed by atoms with Crippen LogP contribution in [0, 0.1) is 0 Å². The Balaban J connectivity index is 1.30. The number of ether oxygens (including phenoxy) is 2. The molecule has 0 saturated carbocycles. The fourth-order valence-electron chi connectivity index (χ4n) is 3.32. The van der Waals surface area contributed by atoms with Crippen molar-refractivity contribution in [2.75, 3.05) is 24.6 Å². The standard InChI is InChI=1S/C20H19N3O8S2/c24-18-17(32-20(26)21-18)9-12-1-4-14(5-2-12)30-8-7-23-11-31-16-6-3-13(22-33(27,28)29)10-15(16)19(23)25/h1-6,10,17,22H,7-9,11H2,(H,21,24,26)(H,27,28,29). The Labute approximate surface area is 193 Å². The second-order valence-electron chi connectivity index (χ2n) is 7.21. The van der Waals surface area contributed by atoms with Crippen LogP contribution in [0.5, 0.6) is 11.5 Å². The number of benzene rings is 2. The predicted molar refractivity (Wildman–Crippen MR) is 119 cm³/mol. The molecular formula is C20H19N3O8S2. The minimum atomic E-state index is -4.47. The number of amides is 3. The number of hydrogen-bond donors (Lipinski definition) is 3. The lowest BCUT2D eigenvalue weighted by Crippen LogP contribution is -2.41. The lowest BCUT2D eigenvalue weighted by Gasteiger charge is -2.29. The highest BCUT2D eigenvalue weighted by molar-refractivity contribution is 8.15. The van der Waals surface area contributed by atoms with Gasteiger partial charge in [0.25, 0.3) is 11.1 Å². The molecule has 0 aliphatic carbocycles. The highest BCUT2D eigenvalue weighted by Crippen LogP contribution is 2.28. The normalized spacial score (nSPS) is 17.9. The smallest absolute Gasteiger partial charge is 0.357 e. The zero-order valence-electron chi connectivity index (χ0n) is 17.0. The number of rotatable bonds is 8. The van der Waals surface area contributed by atoms with E-state index in [1.165, 1.54) is 23.1 Å². The minimum Gasteiger partial charge on any atom is -0.492 e. The van der Waals surface area contributed by atoms with Gasteiger partial charge in [-0.15, -0.1) is 0 Å². The largest absolute Gasteiger partial charge is 0.492 e. The molecule has 3 amide bonds. The van der Waals surface area contributed by atoms with Crippen molar-refractivity contribution in [3.63, 3.8) is 0 Å². The number of carbonyl (C=O) groups is 3. The van der Waals surface area contributed by atoms with Crippen molar-refractivity contribution in [3.05, 3.63) is 53.6 Å². The van der Waals surface area contributed by atoms with Crippen LogP contribution in [0.15, 0.2) is 42.5 Å². The molecular weight excluding hydrogens is 474 g/mol. The fraction of sp³-hybridized carbons (Fsp3) is 0.250. The van der Waals surface area contributed by atoms with Crippen LogP contribution in [0.2, 0.25) is 0 Å². The average molecular weight is 494 g/mol. The van der Waals surface area contributed by atoms with Gasteiger partial charge in [0.1, 0.15) is 18.1 Å². The zero-order chi connectivity index (χ0) is 23.6. The van der Waals surface area contributed by atoms with E-state index in [1.807, 2.05) is 4.72 Å². The second-order valence-corrected chi connectivity index (χ2v) is 9.54. The number of carbonyl (C=O) groups excluding carboxylic acids is 3. The Morgan fingerprint density at radius 3 is 2.61 bits per heavy atom. The van der Waals surface area contributed by atoms with Gasteiger partial charge in [0.2, 0.25) is 5.91 Å². The van der Waals surface area contributed by atoms with Gasteiger partial charge in [0.15, 0.2) is 6.73 Å². The Kier molecular flexibility index (Phi) is 6.44. The van der Waals surface area contributed by atoms with Gasteiger partial charge in [-0.05, 0) is 42.3 Å². The summed E-state index contributed by atoms with van der Waals surface area (Å²) in [6.07, 6.45) is 0.427. The summed E-state index contributed by atoms with van der Waals surface area (Å²) in [5, 5.41) is 1.48. The minimum absolute atomic E-state index is 0.0129.